The van der Waals surface area contributed by atoms with Gasteiger partial charge in [0.2, 0.25) is 0 Å². The molecule has 0 bridgehead atoms. The Kier molecular flexibility index (Phi) is 5.14. The first-order valence-electron chi connectivity index (χ1n) is 10.1. The number of benzene rings is 2. The molecule has 0 amide bonds. The van der Waals surface area contributed by atoms with Crippen molar-refractivity contribution in [2.45, 2.75) is 19.0 Å². The maximum absolute atomic E-state index is 6.03. The Hall–Kier alpha value is -3.64. The SMILES string of the molecule is Cc1ccc([C@H]2[C@@H](c3ccccn3)NC(=S)N2c2ccc(Oc3ccccc3)cc2)o1. The largest absolute Gasteiger partial charge is 0.464 e. The Balaban J connectivity index is 1.48. The minimum Gasteiger partial charge on any atom is -0.464 e. The number of aryl methyl sites for hydroxylation is 1. The maximum atomic E-state index is 6.03. The third-order valence-corrected chi connectivity index (χ3v) is 5.56. The lowest BCUT2D eigenvalue weighted by molar-refractivity contribution is 0.418. The van der Waals surface area contributed by atoms with E-state index in [-0.39, 0.29) is 12.1 Å². The van der Waals surface area contributed by atoms with E-state index >= 15 is 0 Å². The number of hydrogen-bond donors (Lipinski definition) is 1. The molecule has 2 aromatic heterocycles. The van der Waals surface area contributed by atoms with Gasteiger partial charge in [-0.3, -0.25) is 4.98 Å². The summed E-state index contributed by atoms with van der Waals surface area (Å²) < 4.78 is 12.0. The fourth-order valence-electron chi connectivity index (χ4n) is 3.83. The molecule has 5 rings (SSSR count). The third kappa shape index (κ3) is 3.90. The van der Waals surface area contributed by atoms with Crippen molar-refractivity contribution in [3.05, 3.63) is 108 Å². The van der Waals surface area contributed by atoms with E-state index in [1.807, 2.05) is 91.9 Å². The van der Waals surface area contributed by atoms with E-state index in [9.17, 15) is 0 Å². The summed E-state index contributed by atoms with van der Waals surface area (Å²) in [6.45, 7) is 1.94. The van der Waals surface area contributed by atoms with Gasteiger partial charge in [-0.25, -0.2) is 0 Å². The van der Waals surface area contributed by atoms with Gasteiger partial charge in [0, 0.05) is 11.9 Å². The van der Waals surface area contributed by atoms with E-state index in [1.165, 1.54) is 0 Å². The highest BCUT2D eigenvalue weighted by Crippen LogP contribution is 2.42. The quantitative estimate of drug-likeness (QED) is 0.397. The van der Waals surface area contributed by atoms with Gasteiger partial charge in [-0.05, 0) is 79.8 Å². The molecule has 0 aliphatic carbocycles. The standard InChI is InChI=1S/C25H21N3O2S/c1-17-10-15-22(29-17)24-23(21-9-5-6-16-26-21)27-25(31)28(24)18-11-13-20(14-12-18)30-19-7-3-2-4-8-19/h2-16,23-24H,1H3,(H,27,31)/t23-,24+/m1/s1. The Morgan fingerprint density at radius 1 is 0.903 bits per heavy atom. The van der Waals surface area contributed by atoms with Gasteiger partial charge in [0.05, 0.1) is 11.7 Å². The molecule has 3 heterocycles. The number of ether oxygens (including phenoxy) is 1. The fraction of sp³-hybridized carbons (Fsp3) is 0.120. The second-order valence-electron chi connectivity index (χ2n) is 7.35. The number of aromatic nitrogens is 1. The molecule has 2 atom stereocenters. The molecule has 1 N–H and O–H groups in total. The van der Waals surface area contributed by atoms with E-state index in [0.717, 1.165) is 34.4 Å². The van der Waals surface area contributed by atoms with Gasteiger partial charge in [-0.15, -0.1) is 0 Å². The Labute approximate surface area is 186 Å². The molecule has 154 valence electrons. The number of nitrogens with zero attached hydrogens (tertiary/aromatic N) is 2. The summed E-state index contributed by atoms with van der Waals surface area (Å²) in [6, 6.07) is 27.2. The van der Waals surface area contributed by atoms with Crippen LogP contribution >= 0.6 is 12.2 Å². The molecule has 0 saturated carbocycles. The van der Waals surface area contributed by atoms with Crippen molar-refractivity contribution in [2.24, 2.45) is 0 Å². The summed E-state index contributed by atoms with van der Waals surface area (Å²) in [5.74, 6) is 3.26. The number of pyridine rings is 1. The molecule has 5 nitrogen and oxygen atoms in total. The number of hydrogen-bond acceptors (Lipinski definition) is 4. The van der Waals surface area contributed by atoms with Gasteiger partial charge in [0.15, 0.2) is 5.11 Å². The first kappa shape index (κ1) is 19.3. The Morgan fingerprint density at radius 3 is 2.32 bits per heavy atom. The fourth-order valence-corrected chi connectivity index (χ4v) is 4.18. The van der Waals surface area contributed by atoms with Crippen LogP contribution in [0.4, 0.5) is 5.69 Å². The Bertz CT molecular complexity index is 1180. The number of nitrogens with one attached hydrogen (secondary N) is 1. The molecule has 6 heteroatoms. The van der Waals surface area contributed by atoms with Crippen LogP contribution in [0.3, 0.4) is 0 Å². The zero-order valence-corrected chi connectivity index (χ0v) is 17.8. The zero-order valence-electron chi connectivity index (χ0n) is 16.9. The Morgan fingerprint density at radius 2 is 1.65 bits per heavy atom. The van der Waals surface area contributed by atoms with E-state index < -0.39 is 0 Å². The highest BCUT2D eigenvalue weighted by atomic mass is 32.1. The number of anilines is 1. The summed E-state index contributed by atoms with van der Waals surface area (Å²) in [5.41, 5.74) is 1.87. The highest BCUT2D eigenvalue weighted by molar-refractivity contribution is 7.80. The zero-order chi connectivity index (χ0) is 21.2. The molecular formula is C25H21N3O2S. The number of thiocarbonyl (C=S) groups is 1. The average molecular weight is 428 g/mol. The molecule has 31 heavy (non-hydrogen) atoms. The summed E-state index contributed by atoms with van der Waals surface area (Å²) >= 11 is 5.74. The van der Waals surface area contributed by atoms with Crippen molar-refractivity contribution in [2.75, 3.05) is 4.90 Å². The summed E-state index contributed by atoms with van der Waals surface area (Å²) in [6.07, 6.45) is 1.79. The highest BCUT2D eigenvalue weighted by Gasteiger charge is 2.42. The van der Waals surface area contributed by atoms with Crippen molar-refractivity contribution in [3.63, 3.8) is 0 Å². The molecule has 0 unspecified atom stereocenters. The van der Waals surface area contributed by atoms with E-state index in [4.69, 9.17) is 21.4 Å². The van der Waals surface area contributed by atoms with Gasteiger partial charge >= 0.3 is 0 Å². The number of para-hydroxylation sites is 1. The first-order chi connectivity index (χ1) is 15.2. The van der Waals surface area contributed by atoms with Gasteiger partial charge in [0.1, 0.15) is 29.1 Å². The molecule has 4 aromatic rings. The lowest BCUT2D eigenvalue weighted by atomic mass is 10.0. The summed E-state index contributed by atoms with van der Waals surface area (Å²) in [5, 5.41) is 4.07. The van der Waals surface area contributed by atoms with Crippen LogP contribution in [-0.2, 0) is 0 Å². The third-order valence-electron chi connectivity index (χ3n) is 5.24. The van der Waals surface area contributed by atoms with Gasteiger partial charge in [-0.2, -0.15) is 0 Å². The molecular weight excluding hydrogens is 406 g/mol. The summed E-state index contributed by atoms with van der Waals surface area (Å²) in [4.78, 5) is 6.64. The lowest BCUT2D eigenvalue weighted by Gasteiger charge is -2.26. The van der Waals surface area contributed by atoms with Gasteiger partial charge in [0.25, 0.3) is 0 Å². The van der Waals surface area contributed by atoms with E-state index in [0.29, 0.717) is 5.11 Å². The van der Waals surface area contributed by atoms with Gasteiger partial charge in [-0.1, -0.05) is 24.3 Å². The van der Waals surface area contributed by atoms with Crippen molar-refractivity contribution >= 4 is 23.0 Å². The molecule has 1 fully saturated rings. The number of rotatable bonds is 5. The molecule has 0 spiro atoms. The second-order valence-corrected chi connectivity index (χ2v) is 7.74. The summed E-state index contributed by atoms with van der Waals surface area (Å²) in [7, 11) is 0. The molecule has 0 radical (unpaired) electrons. The molecule has 1 aliphatic heterocycles. The van der Waals surface area contributed by atoms with Crippen molar-refractivity contribution in [1.29, 1.82) is 0 Å². The minimum absolute atomic E-state index is 0.125. The van der Waals surface area contributed by atoms with E-state index in [2.05, 4.69) is 15.2 Å². The monoisotopic (exact) mass is 427 g/mol. The van der Waals surface area contributed by atoms with Crippen LogP contribution in [0.1, 0.15) is 29.3 Å². The normalized spacial score (nSPS) is 18.1. The smallest absolute Gasteiger partial charge is 0.174 e. The molecule has 1 saturated heterocycles. The van der Waals surface area contributed by atoms with Crippen LogP contribution in [0, 0.1) is 6.92 Å². The maximum Gasteiger partial charge on any atom is 0.174 e. The van der Waals surface area contributed by atoms with Crippen LogP contribution in [-0.4, -0.2) is 10.1 Å². The van der Waals surface area contributed by atoms with Crippen LogP contribution in [0.25, 0.3) is 0 Å². The predicted octanol–water partition coefficient (Wildman–Crippen LogP) is 5.95. The van der Waals surface area contributed by atoms with Crippen LogP contribution < -0.4 is 15.0 Å². The van der Waals surface area contributed by atoms with Crippen molar-refractivity contribution < 1.29 is 9.15 Å². The van der Waals surface area contributed by atoms with Crippen molar-refractivity contribution in [3.8, 4) is 11.5 Å². The average Bonchev–Trinajstić information content (AvgIpc) is 3.38. The topological polar surface area (TPSA) is 50.5 Å². The van der Waals surface area contributed by atoms with Crippen LogP contribution in [0.15, 0.2) is 95.5 Å². The lowest BCUT2D eigenvalue weighted by Crippen LogP contribution is -2.29. The molecule has 1 aliphatic rings. The second kappa shape index (κ2) is 8.24. The minimum atomic E-state index is -0.156. The molecule has 2 aromatic carbocycles. The first-order valence-corrected chi connectivity index (χ1v) is 10.5. The van der Waals surface area contributed by atoms with E-state index in [1.54, 1.807) is 6.20 Å². The van der Waals surface area contributed by atoms with Crippen LogP contribution in [0.2, 0.25) is 0 Å². The van der Waals surface area contributed by atoms with Crippen molar-refractivity contribution in [1.82, 2.24) is 10.3 Å². The predicted molar refractivity (Wildman–Crippen MR) is 124 cm³/mol. The number of furan rings is 1. The van der Waals surface area contributed by atoms with Crippen LogP contribution in [0.5, 0.6) is 11.5 Å². The van der Waals surface area contributed by atoms with Gasteiger partial charge < -0.3 is 19.4 Å².